The topological polar surface area (TPSA) is 85.9 Å². The summed E-state index contributed by atoms with van der Waals surface area (Å²) in [6.07, 6.45) is 6.26. The summed E-state index contributed by atoms with van der Waals surface area (Å²) >= 11 is 0. The van der Waals surface area contributed by atoms with Crippen LogP contribution < -0.4 is 0 Å². The van der Waals surface area contributed by atoms with Crippen LogP contribution in [0.15, 0.2) is 18.9 Å². The molecule has 1 aliphatic rings. The van der Waals surface area contributed by atoms with E-state index in [-0.39, 0.29) is 0 Å². The van der Waals surface area contributed by atoms with Crippen molar-refractivity contribution in [2.75, 3.05) is 12.8 Å². The summed E-state index contributed by atoms with van der Waals surface area (Å²) in [6, 6.07) is 0. The van der Waals surface area contributed by atoms with Gasteiger partial charge in [0.2, 0.25) is 10.0 Å². The summed E-state index contributed by atoms with van der Waals surface area (Å²) in [5.74, 6) is 0.770. The molecule has 8 nitrogen and oxygen atoms in total. The van der Waals surface area contributed by atoms with Crippen LogP contribution >= 0.6 is 0 Å². The highest BCUT2D eigenvalue weighted by Crippen LogP contribution is 2.15. The number of hydrogen-bond acceptors (Lipinski definition) is 5. The number of nitrogens with zero attached hydrogens (tertiary/aromatic N) is 6. The van der Waals surface area contributed by atoms with Crippen LogP contribution in [0.3, 0.4) is 0 Å². The van der Waals surface area contributed by atoms with Crippen molar-refractivity contribution in [3.8, 4) is 0 Å². The molecular weight excluding hydrogens is 268 g/mol. The van der Waals surface area contributed by atoms with Crippen molar-refractivity contribution >= 4 is 10.0 Å². The van der Waals surface area contributed by atoms with Gasteiger partial charge < -0.3 is 4.57 Å². The van der Waals surface area contributed by atoms with E-state index in [1.54, 1.807) is 11.0 Å². The quantitative estimate of drug-likeness (QED) is 0.743. The van der Waals surface area contributed by atoms with Gasteiger partial charge in [-0.25, -0.2) is 23.1 Å². The third-order valence-electron chi connectivity index (χ3n) is 3.08. The zero-order chi connectivity index (χ0) is 13.5. The van der Waals surface area contributed by atoms with Crippen molar-refractivity contribution in [3.63, 3.8) is 0 Å². The standard InChI is InChI=1S/C10H14N6O2S/c1-19(17,18)16-3-2-14-4-9(13-10(14)6-16)5-15-8-11-7-12-15/h4,7-8H,2-3,5-6H2,1H3. The molecule has 102 valence electrons. The average Bonchev–Trinajstić information content (AvgIpc) is 2.95. The molecule has 0 saturated carbocycles. The van der Waals surface area contributed by atoms with Crippen molar-refractivity contribution in [1.29, 1.82) is 0 Å². The molecule has 0 unspecified atom stereocenters. The van der Waals surface area contributed by atoms with Gasteiger partial charge in [-0.3, -0.25) is 0 Å². The van der Waals surface area contributed by atoms with E-state index in [4.69, 9.17) is 0 Å². The van der Waals surface area contributed by atoms with E-state index in [1.165, 1.54) is 16.9 Å². The first-order valence-electron chi connectivity index (χ1n) is 5.85. The molecule has 0 amide bonds. The Kier molecular flexibility index (Phi) is 2.86. The Hall–Kier alpha value is -1.74. The molecule has 1 aliphatic heterocycles. The number of hydrogen-bond donors (Lipinski definition) is 0. The minimum absolute atomic E-state index is 0.330. The summed E-state index contributed by atoms with van der Waals surface area (Å²) in [4.78, 5) is 8.33. The molecule has 0 aliphatic carbocycles. The van der Waals surface area contributed by atoms with Crippen molar-refractivity contribution in [2.45, 2.75) is 19.6 Å². The van der Waals surface area contributed by atoms with Crippen molar-refractivity contribution < 1.29 is 8.42 Å². The lowest BCUT2D eigenvalue weighted by atomic mass is 10.4. The molecule has 0 spiro atoms. The van der Waals surface area contributed by atoms with E-state index in [1.807, 2.05) is 10.8 Å². The first-order valence-corrected chi connectivity index (χ1v) is 7.69. The highest BCUT2D eigenvalue weighted by atomic mass is 32.2. The molecular formula is C10H14N6O2S. The van der Waals surface area contributed by atoms with Crippen LogP contribution in [-0.4, -0.2) is 49.8 Å². The lowest BCUT2D eigenvalue weighted by Gasteiger charge is -2.25. The molecule has 0 bridgehead atoms. The van der Waals surface area contributed by atoms with Crippen LogP contribution in [0.1, 0.15) is 11.5 Å². The second-order valence-corrected chi connectivity index (χ2v) is 6.51. The minimum atomic E-state index is -3.16. The third-order valence-corrected chi connectivity index (χ3v) is 4.33. The van der Waals surface area contributed by atoms with E-state index in [0.717, 1.165) is 11.5 Å². The van der Waals surface area contributed by atoms with E-state index in [2.05, 4.69) is 15.1 Å². The SMILES string of the molecule is CS(=O)(=O)N1CCn2cc(Cn3cncn3)nc2C1. The largest absolute Gasteiger partial charge is 0.332 e. The number of aromatic nitrogens is 5. The van der Waals surface area contributed by atoms with Crippen LogP contribution in [0, 0.1) is 0 Å². The second kappa shape index (κ2) is 4.42. The van der Waals surface area contributed by atoms with Gasteiger partial charge in [-0.05, 0) is 0 Å². The summed E-state index contributed by atoms with van der Waals surface area (Å²) in [6.45, 7) is 1.99. The van der Waals surface area contributed by atoms with E-state index >= 15 is 0 Å². The molecule has 2 aromatic heterocycles. The predicted molar refractivity (Wildman–Crippen MR) is 66.6 cm³/mol. The van der Waals surface area contributed by atoms with Crippen LogP contribution in [0.2, 0.25) is 0 Å². The first kappa shape index (κ1) is 12.3. The monoisotopic (exact) mass is 282 g/mol. The summed E-state index contributed by atoms with van der Waals surface area (Å²) in [5.41, 5.74) is 0.857. The molecule has 3 rings (SSSR count). The Morgan fingerprint density at radius 3 is 2.89 bits per heavy atom. The maximum atomic E-state index is 11.5. The smallest absolute Gasteiger partial charge is 0.211 e. The van der Waals surface area contributed by atoms with Crippen LogP contribution in [-0.2, 0) is 29.7 Å². The van der Waals surface area contributed by atoms with Crippen molar-refractivity contribution in [2.24, 2.45) is 0 Å². The molecule has 0 fully saturated rings. The highest BCUT2D eigenvalue weighted by molar-refractivity contribution is 7.88. The number of rotatable bonds is 3. The normalized spacial score (nSPS) is 16.5. The van der Waals surface area contributed by atoms with Gasteiger partial charge >= 0.3 is 0 Å². The van der Waals surface area contributed by atoms with Gasteiger partial charge in [0.15, 0.2) is 0 Å². The number of imidazole rings is 1. The zero-order valence-electron chi connectivity index (χ0n) is 10.5. The average molecular weight is 282 g/mol. The molecule has 19 heavy (non-hydrogen) atoms. The molecule has 9 heteroatoms. The van der Waals surface area contributed by atoms with Crippen molar-refractivity contribution in [3.05, 3.63) is 30.4 Å². The first-order chi connectivity index (χ1) is 9.02. The Morgan fingerprint density at radius 1 is 1.37 bits per heavy atom. The van der Waals surface area contributed by atoms with Gasteiger partial charge in [-0.2, -0.15) is 9.40 Å². The maximum absolute atomic E-state index is 11.5. The lowest BCUT2D eigenvalue weighted by Crippen LogP contribution is -2.37. The fourth-order valence-electron chi connectivity index (χ4n) is 2.13. The van der Waals surface area contributed by atoms with E-state index in [9.17, 15) is 8.42 Å². The van der Waals surface area contributed by atoms with Crippen LogP contribution in [0.4, 0.5) is 0 Å². The van der Waals surface area contributed by atoms with E-state index in [0.29, 0.717) is 26.2 Å². The Balaban J connectivity index is 1.81. The van der Waals surface area contributed by atoms with Crippen molar-refractivity contribution in [1.82, 2.24) is 28.6 Å². The fraction of sp³-hybridized carbons (Fsp3) is 0.500. The summed E-state index contributed by atoms with van der Waals surface area (Å²) < 4.78 is 28.2. The van der Waals surface area contributed by atoms with Gasteiger partial charge in [0, 0.05) is 19.3 Å². The zero-order valence-corrected chi connectivity index (χ0v) is 11.3. The Bertz CT molecular complexity index is 675. The second-order valence-electron chi connectivity index (χ2n) is 4.53. The third kappa shape index (κ3) is 2.51. The highest BCUT2D eigenvalue weighted by Gasteiger charge is 2.24. The maximum Gasteiger partial charge on any atom is 0.211 e. The van der Waals surface area contributed by atoms with Crippen LogP contribution in [0.5, 0.6) is 0 Å². The molecule has 3 heterocycles. The van der Waals surface area contributed by atoms with Crippen LogP contribution in [0.25, 0.3) is 0 Å². The van der Waals surface area contributed by atoms with Gasteiger partial charge in [0.05, 0.1) is 25.0 Å². The Morgan fingerprint density at radius 2 is 2.21 bits per heavy atom. The van der Waals surface area contributed by atoms with Gasteiger partial charge in [0.25, 0.3) is 0 Å². The van der Waals surface area contributed by atoms with Gasteiger partial charge in [-0.15, -0.1) is 0 Å². The number of fused-ring (bicyclic) bond motifs is 1. The Labute approximate surface area is 110 Å². The molecule has 0 N–H and O–H groups in total. The molecule has 0 aromatic carbocycles. The molecule has 0 atom stereocenters. The van der Waals surface area contributed by atoms with E-state index < -0.39 is 10.0 Å². The fourth-order valence-corrected chi connectivity index (χ4v) is 2.89. The molecule has 2 aromatic rings. The van der Waals surface area contributed by atoms with Gasteiger partial charge in [-0.1, -0.05) is 0 Å². The molecule has 0 saturated heterocycles. The molecule has 0 radical (unpaired) electrons. The number of sulfonamides is 1. The van der Waals surface area contributed by atoms with Gasteiger partial charge in [0.1, 0.15) is 18.5 Å². The summed E-state index contributed by atoms with van der Waals surface area (Å²) in [7, 11) is -3.16. The lowest BCUT2D eigenvalue weighted by molar-refractivity contribution is 0.338. The predicted octanol–water partition coefficient (Wildman–Crippen LogP) is -0.702. The minimum Gasteiger partial charge on any atom is -0.332 e. The summed E-state index contributed by atoms with van der Waals surface area (Å²) in [5, 5.41) is 4.02.